The van der Waals surface area contributed by atoms with Crippen molar-refractivity contribution in [2.24, 2.45) is 0 Å². The molecule has 23 heavy (non-hydrogen) atoms. The number of carbonyl (C=O) groups excluding carboxylic acids is 1. The summed E-state index contributed by atoms with van der Waals surface area (Å²) in [6.45, 7) is 0.429. The Morgan fingerprint density at radius 3 is 3.09 bits per heavy atom. The first-order valence-corrected chi connectivity index (χ1v) is 8.61. The minimum atomic E-state index is -0.620. The van der Waals surface area contributed by atoms with Crippen LogP contribution in [0.15, 0.2) is 29.8 Å². The van der Waals surface area contributed by atoms with Crippen LogP contribution in [-0.4, -0.2) is 15.3 Å². The maximum absolute atomic E-state index is 14.3. The predicted molar refractivity (Wildman–Crippen MR) is 87.3 cm³/mol. The molecule has 4 nitrogen and oxygen atoms in total. The van der Waals surface area contributed by atoms with E-state index in [0.717, 1.165) is 18.4 Å². The van der Waals surface area contributed by atoms with Crippen molar-refractivity contribution in [3.63, 3.8) is 0 Å². The number of pyridine rings is 1. The summed E-state index contributed by atoms with van der Waals surface area (Å²) >= 11 is 1.76. The Morgan fingerprint density at radius 1 is 1.35 bits per heavy atom. The first kappa shape index (κ1) is 14.4. The van der Waals surface area contributed by atoms with Crippen LogP contribution in [0, 0.1) is 5.95 Å². The lowest BCUT2D eigenvalue weighted by Gasteiger charge is -2.13. The van der Waals surface area contributed by atoms with E-state index in [4.69, 9.17) is 0 Å². The van der Waals surface area contributed by atoms with Gasteiger partial charge in [0.05, 0.1) is 0 Å². The quantitative estimate of drug-likeness (QED) is 0.801. The van der Waals surface area contributed by atoms with E-state index < -0.39 is 11.9 Å². The van der Waals surface area contributed by atoms with E-state index in [1.165, 1.54) is 27.7 Å². The van der Waals surface area contributed by atoms with Crippen molar-refractivity contribution in [2.75, 3.05) is 0 Å². The van der Waals surface area contributed by atoms with Gasteiger partial charge >= 0.3 is 0 Å². The molecule has 0 atom stereocenters. The van der Waals surface area contributed by atoms with Crippen LogP contribution in [0.5, 0.6) is 0 Å². The normalized spacial score (nSPS) is 14.0. The minimum absolute atomic E-state index is 0.153. The number of thiophene rings is 1. The van der Waals surface area contributed by atoms with Gasteiger partial charge in [-0.25, -0.2) is 4.98 Å². The van der Waals surface area contributed by atoms with E-state index in [-0.39, 0.29) is 5.69 Å². The Hall–Kier alpha value is -2.21. The Balaban J connectivity index is 1.53. The van der Waals surface area contributed by atoms with E-state index in [1.54, 1.807) is 35.7 Å². The van der Waals surface area contributed by atoms with Gasteiger partial charge in [0.25, 0.3) is 5.91 Å². The lowest BCUT2D eigenvalue weighted by molar-refractivity contribution is 0.0942. The average molecular weight is 329 g/mol. The van der Waals surface area contributed by atoms with E-state index in [2.05, 4.69) is 15.7 Å². The van der Waals surface area contributed by atoms with Crippen LogP contribution in [0.3, 0.4) is 0 Å². The highest BCUT2D eigenvalue weighted by atomic mass is 32.1. The fraction of sp³-hybridized carbons (Fsp3) is 0.294. The van der Waals surface area contributed by atoms with Crippen molar-refractivity contribution in [3.05, 3.63) is 57.4 Å². The number of rotatable bonds is 3. The molecule has 0 saturated carbocycles. The molecule has 0 aliphatic heterocycles. The molecule has 3 aromatic rings. The second kappa shape index (κ2) is 5.77. The Kier molecular flexibility index (Phi) is 3.61. The summed E-state index contributed by atoms with van der Waals surface area (Å²) in [5, 5.41) is 4.91. The number of halogens is 1. The second-order valence-electron chi connectivity index (χ2n) is 5.73. The Morgan fingerprint density at radius 2 is 2.22 bits per heavy atom. The van der Waals surface area contributed by atoms with Crippen LogP contribution in [0.1, 0.15) is 39.3 Å². The molecule has 3 aromatic heterocycles. The maximum atomic E-state index is 14.3. The van der Waals surface area contributed by atoms with Gasteiger partial charge in [-0.2, -0.15) is 4.39 Å². The van der Waals surface area contributed by atoms with E-state index in [1.807, 2.05) is 0 Å². The van der Waals surface area contributed by atoms with Crippen molar-refractivity contribution < 1.29 is 9.18 Å². The van der Waals surface area contributed by atoms with Crippen LogP contribution in [0.25, 0.3) is 5.65 Å². The van der Waals surface area contributed by atoms with Gasteiger partial charge in [-0.05, 0) is 54.3 Å². The van der Waals surface area contributed by atoms with Crippen molar-refractivity contribution in [1.82, 2.24) is 14.7 Å². The number of hydrogen-bond donors (Lipinski definition) is 1. The largest absolute Gasteiger partial charge is 0.346 e. The highest BCUT2D eigenvalue weighted by Crippen LogP contribution is 2.30. The Labute approximate surface area is 137 Å². The number of fused-ring (bicyclic) bond motifs is 2. The van der Waals surface area contributed by atoms with Crippen molar-refractivity contribution in [2.45, 2.75) is 32.2 Å². The fourth-order valence-corrected chi connectivity index (χ4v) is 4.23. The number of aromatic nitrogens is 2. The molecule has 1 N–H and O–H groups in total. The molecule has 6 heteroatoms. The lowest BCUT2D eigenvalue weighted by Crippen LogP contribution is -2.24. The van der Waals surface area contributed by atoms with Gasteiger partial charge < -0.3 is 5.32 Å². The number of hydrogen-bond acceptors (Lipinski definition) is 3. The summed E-state index contributed by atoms with van der Waals surface area (Å²) in [4.78, 5) is 17.8. The van der Waals surface area contributed by atoms with Crippen LogP contribution in [0.2, 0.25) is 0 Å². The van der Waals surface area contributed by atoms with Gasteiger partial charge in [-0.3, -0.25) is 9.20 Å². The predicted octanol–water partition coefficient (Wildman–Crippen LogP) is 3.34. The molecule has 0 spiro atoms. The highest BCUT2D eigenvalue weighted by molar-refractivity contribution is 7.10. The molecule has 1 amide bonds. The molecule has 1 aliphatic rings. The fourth-order valence-electron chi connectivity index (χ4n) is 3.08. The van der Waals surface area contributed by atoms with Gasteiger partial charge in [-0.15, -0.1) is 11.3 Å². The summed E-state index contributed by atoms with van der Waals surface area (Å²) in [7, 11) is 0. The molecule has 118 valence electrons. The molecule has 0 unspecified atom stereocenters. The molecule has 0 aromatic carbocycles. The molecule has 0 saturated heterocycles. The van der Waals surface area contributed by atoms with Crippen LogP contribution in [0.4, 0.5) is 4.39 Å². The zero-order valence-corrected chi connectivity index (χ0v) is 13.3. The standard InChI is InChI=1S/C17H16FN3OS/c18-16-15(20-14-7-3-4-8-21(14)16)17(22)19-9-11-10-23-13-6-2-1-5-12(11)13/h3-4,7-8,10H,1-2,5-6,9H2,(H,19,22). The maximum Gasteiger partial charge on any atom is 0.274 e. The number of carbonyl (C=O) groups is 1. The topological polar surface area (TPSA) is 46.4 Å². The molecule has 0 bridgehead atoms. The van der Waals surface area contributed by atoms with Gasteiger partial charge in [-0.1, -0.05) is 6.07 Å². The van der Waals surface area contributed by atoms with E-state index >= 15 is 0 Å². The summed E-state index contributed by atoms with van der Waals surface area (Å²) in [6.07, 6.45) is 6.21. The molecule has 0 radical (unpaired) electrons. The molecular weight excluding hydrogens is 313 g/mol. The molecule has 4 rings (SSSR count). The SMILES string of the molecule is O=C(NCc1csc2c1CCCC2)c1nc2ccccn2c1F. The zero-order chi connectivity index (χ0) is 15.8. The molecule has 0 fully saturated rings. The van der Waals surface area contributed by atoms with Crippen molar-refractivity contribution >= 4 is 22.9 Å². The summed E-state index contributed by atoms with van der Waals surface area (Å²) in [5.74, 6) is -1.09. The second-order valence-corrected chi connectivity index (χ2v) is 6.70. The molecule has 3 heterocycles. The van der Waals surface area contributed by atoms with Crippen LogP contribution < -0.4 is 5.32 Å². The van der Waals surface area contributed by atoms with Gasteiger partial charge in [0.1, 0.15) is 5.65 Å². The third-order valence-electron chi connectivity index (χ3n) is 4.27. The first-order valence-electron chi connectivity index (χ1n) is 7.73. The van der Waals surface area contributed by atoms with Crippen molar-refractivity contribution in [3.8, 4) is 0 Å². The first-order chi connectivity index (χ1) is 11.2. The number of nitrogens with one attached hydrogen (secondary N) is 1. The molecule has 1 aliphatic carbocycles. The van der Waals surface area contributed by atoms with E-state index in [0.29, 0.717) is 12.2 Å². The summed E-state index contributed by atoms with van der Waals surface area (Å²) in [6, 6.07) is 5.15. The summed E-state index contributed by atoms with van der Waals surface area (Å²) in [5.41, 5.74) is 2.81. The monoisotopic (exact) mass is 329 g/mol. The number of imidazole rings is 1. The smallest absolute Gasteiger partial charge is 0.274 e. The molecular formula is C17H16FN3OS. The Bertz CT molecular complexity index is 883. The zero-order valence-electron chi connectivity index (χ0n) is 12.5. The van der Waals surface area contributed by atoms with Crippen LogP contribution >= 0.6 is 11.3 Å². The highest BCUT2D eigenvalue weighted by Gasteiger charge is 2.20. The van der Waals surface area contributed by atoms with Crippen molar-refractivity contribution in [1.29, 1.82) is 0 Å². The van der Waals surface area contributed by atoms with Gasteiger partial charge in [0, 0.05) is 17.6 Å². The third-order valence-corrected chi connectivity index (χ3v) is 5.41. The lowest BCUT2D eigenvalue weighted by atomic mass is 9.96. The van der Waals surface area contributed by atoms with Gasteiger partial charge in [0.2, 0.25) is 5.95 Å². The minimum Gasteiger partial charge on any atom is -0.346 e. The van der Waals surface area contributed by atoms with Crippen LogP contribution in [-0.2, 0) is 19.4 Å². The van der Waals surface area contributed by atoms with Gasteiger partial charge in [0.15, 0.2) is 5.69 Å². The summed E-state index contributed by atoms with van der Waals surface area (Å²) < 4.78 is 15.5. The number of aryl methyl sites for hydroxylation is 1. The average Bonchev–Trinajstić information content (AvgIpc) is 3.15. The van der Waals surface area contributed by atoms with E-state index in [9.17, 15) is 9.18 Å². The third kappa shape index (κ3) is 2.53. The number of amides is 1. The number of nitrogens with zero attached hydrogens (tertiary/aromatic N) is 2.